The first kappa shape index (κ1) is 16.8. The van der Waals surface area contributed by atoms with Crippen LogP contribution in [-0.4, -0.2) is 48.3 Å². The van der Waals surface area contributed by atoms with Gasteiger partial charge >= 0.3 is 0 Å². The summed E-state index contributed by atoms with van der Waals surface area (Å²) in [6.45, 7) is 9.08. The molecule has 24 heavy (non-hydrogen) atoms. The number of benzene rings is 1. The second kappa shape index (κ2) is 7.66. The summed E-state index contributed by atoms with van der Waals surface area (Å²) in [5.41, 5.74) is 1.24. The minimum atomic E-state index is 0.534. The number of ether oxygens (including phenoxy) is 1. The van der Waals surface area contributed by atoms with Crippen LogP contribution < -0.4 is 9.64 Å². The van der Waals surface area contributed by atoms with Gasteiger partial charge in [-0.3, -0.25) is 4.90 Å². The summed E-state index contributed by atoms with van der Waals surface area (Å²) in [7, 11) is 1.69. The zero-order chi connectivity index (χ0) is 16.9. The van der Waals surface area contributed by atoms with Gasteiger partial charge in [-0.25, -0.2) is 0 Å². The standard InChI is InChI=1S/C18H26N4O2/c1-14(2)12-18-19-17(20-24-18)13-21-8-10-22(11-9-21)15-4-6-16(23-3)7-5-15/h4-7,14H,8-13H2,1-3H3. The fourth-order valence-electron chi connectivity index (χ4n) is 2.94. The molecule has 3 rings (SSSR count). The van der Waals surface area contributed by atoms with Crippen LogP contribution >= 0.6 is 0 Å². The van der Waals surface area contributed by atoms with Crippen LogP contribution in [-0.2, 0) is 13.0 Å². The van der Waals surface area contributed by atoms with Crippen molar-refractivity contribution in [1.82, 2.24) is 15.0 Å². The number of aromatic nitrogens is 2. The molecule has 6 nitrogen and oxygen atoms in total. The van der Waals surface area contributed by atoms with Gasteiger partial charge in [0.2, 0.25) is 5.89 Å². The van der Waals surface area contributed by atoms with E-state index in [2.05, 4.69) is 45.9 Å². The van der Waals surface area contributed by atoms with Crippen molar-refractivity contribution in [2.24, 2.45) is 5.92 Å². The summed E-state index contributed by atoms with van der Waals surface area (Å²) in [5, 5.41) is 4.10. The molecule has 1 aliphatic heterocycles. The Morgan fingerprint density at radius 1 is 1.12 bits per heavy atom. The molecular weight excluding hydrogens is 304 g/mol. The first-order valence-electron chi connectivity index (χ1n) is 8.57. The van der Waals surface area contributed by atoms with Crippen molar-refractivity contribution in [1.29, 1.82) is 0 Å². The smallest absolute Gasteiger partial charge is 0.226 e. The predicted molar refractivity (Wildman–Crippen MR) is 93.3 cm³/mol. The van der Waals surface area contributed by atoms with Crippen molar-refractivity contribution >= 4 is 5.69 Å². The topological polar surface area (TPSA) is 54.6 Å². The van der Waals surface area contributed by atoms with Crippen molar-refractivity contribution in [3.63, 3.8) is 0 Å². The summed E-state index contributed by atoms with van der Waals surface area (Å²) in [6, 6.07) is 8.26. The SMILES string of the molecule is COc1ccc(N2CCN(Cc3noc(CC(C)C)n3)CC2)cc1. The molecule has 1 saturated heterocycles. The van der Waals surface area contributed by atoms with E-state index in [0.29, 0.717) is 5.92 Å². The van der Waals surface area contributed by atoms with Gasteiger partial charge in [-0.2, -0.15) is 4.98 Å². The van der Waals surface area contributed by atoms with Crippen LogP contribution in [0.5, 0.6) is 5.75 Å². The number of piperazine rings is 1. The van der Waals surface area contributed by atoms with Crippen molar-refractivity contribution in [2.75, 3.05) is 38.2 Å². The maximum absolute atomic E-state index is 5.32. The Morgan fingerprint density at radius 3 is 2.46 bits per heavy atom. The van der Waals surface area contributed by atoms with Crippen LogP contribution in [0.2, 0.25) is 0 Å². The van der Waals surface area contributed by atoms with Gasteiger partial charge in [0.25, 0.3) is 0 Å². The van der Waals surface area contributed by atoms with E-state index in [0.717, 1.165) is 56.6 Å². The van der Waals surface area contributed by atoms with Gasteiger partial charge in [0.1, 0.15) is 5.75 Å². The number of anilines is 1. The fourth-order valence-corrected chi connectivity index (χ4v) is 2.94. The second-order valence-electron chi connectivity index (χ2n) is 6.66. The molecular formula is C18H26N4O2. The van der Waals surface area contributed by atoms with E-state index in [1.807, 2.05) is 12.1 Å². The zero-order valence-electron chi connectivity index (χ0n) is 14.7. The highest BCUT2D eigenvalue weighted by Gasteiger charge is 2.19. The summed E-state index contributed by atoms with van der Waals surface area (Å²) in [4.78, 5) is 9.27. The lowest BCUT2D eigenvalue weighted by atomic mass is 10.1. The van der Waals surface area contributed by atoms with Crippen molar-refractivity contribution < 1.29 is 9.26 Å². The molecule has 0 atom stereocenters. The normalized spacial score (nSPS) is 15.9. The molecule has 130 valence electrons. The van der Waals surface area contributed by atoms with Crippen LogP contribution in [0.25, 0.3) is 0 Å². The third-order valence-electron chi connectivity index (χ3n) is 4.27. The summed E-state index contributed by atoms with van der Waals surface area (Å²) < 4.78 is 10.5. The van der Waals surface area contributed by atoms with E-state index in [9.17, 15) is 0 Å². The lowest BCUT2D eigenvalue weighted by Crippen LogP contribution is -2.46. The highest BCUT2D eigenvalue weighted by Crippen LogP contribution is 2.20. The molecule has 0 unspecified atom stereocenters. The Hall–Kier alpha value is -2.08. The predicted octanol–water partition coefficient (Wildman–Crippen LogP) is 2.60. The van der Waals surface area contributed by atoms with Crippen LogP contribution in [0.4, 0.5) is 5.69 Å². The Bertz CT molecular complexity index is 631. The minimum Gasteiger partial charge on any atom is -0.497 e. The summed E-state index contributed by atoms with van der Waals surface area (Å²) >= 11 is 0. The van der Waals surface area contributed by atoms with Gasteiger partial charge in [-0.15, -0.1) is 0 Å². The van der Waals surface area contributed by atoms with Crippen molar-refractivity contribution in [3.05, 3.63) is 36.0 Å². The molecule has 1 aromatic heterocycles. The fraction of sp³-hybridized carbons (Fsp3) is 0.556. The molecule has 1 aromatic carbocycles. The van der Waals surface area contributed by atoms with Crippen LogP contribution in [0.1, 0.15) is 25.6 Å². The van der Waals surface area contributed by atoms with Crippen molar-refractivity contribution in [3.8, 4) is 5.75 Å². The van der Waals surface area contributed by atoms with Gasteiger partial charge in [0, 0.05) is 38.3 Å². The average molecular weight is 330 g/mol. The summed E-state index contributed by atoms with van der Waals surface area (Å²) in [6.07, 6.45) is 0.845. The molecule has 1 aliphatic rings. The Balaban J connectivity index is 1.50. The van der Waals surface area contributed by atoms with E-state index in [4.69, 9.17) is 9.26 Å². The molecule has 0 aliphatic carbocycles. The molecule has 6 heteroatoms. The van der Waals surface area contributed by atoms with Gasteiger partial charge in [-0.1, -0.05) is 19.0 Å². The lowest BCUT2D eigenvalue weighted by molar-refractivity contribution is 0.240. The molecule has 2 aromatic rings. The average Bonchev–Trinajstić information content (AvgIpc) is 3.02. The minimum absolute atomic E-state index is 0.534. The maximum atomic E-state index is 5.32. The maximum Gasteiger partial charge on any atom is 0.226 e. The molecule has 0 bridgehead atoms. The number of hydrogen-bond donors (Lipinski definition) is 0. The van der Waals surface area contributed by atoms with Gasteiger partial charge < -0.3 is 14.2 Å². The lowest BCUT2D eigenvalue weighted by Gasteiger charge is -2.35. The van der Waals surface area contributed by atoms with E-state index < -0.39 is 0 Å². The molecule has 1 fully saturated rings. The first-order valence-corrected chi connectivity index (χ1v) is 8.57. The molecule has 2 heterocycles. The second-order valence-corrected chi connectivity index (χ2v) is 6.66. The Kier molecular flexibility index (Phi) is 5.35. The highest BCUT2D eigenvalue weighted by molar-refractivity contribution is 5.49. The van der Waals surface area contributed by atoms with E-state index in [-0.39, 0.29) is 0 Å². The van der Waals surface area contributed by atoms with Crippen LogP contribution in [0.3, 0.4) is 0 Å². The van der Waals surface area contributed by atoms with Crippen LogP contribution in [0, 0.1) is 5.92 Å². The number of hydrogen-bond acceptors (Lipinski definition) is 6. The highest BCUT2D eigenvalue weighted by atomic mass is 16.5. The molecule has 0 N–H and O–H groups in total. The van der Waals surface area contributed by atoms with Gasteiger partial charge in [-0.05, 0) is 30.2 Å². The quantitative estimate of drug-likeness (QED) is 0.811. The van der Waals surface area contributed by atoms with E-state index >= 15 is 0 Å². The molecule has 0 spiro atoms. The van der Waals surface area contributed by atoms with E-state index in [1.54, 1.807) is 7.11 Å². The Morgan fingerprint density at radius 2 is 1.83 bits per heavy atom. The molecule has 0 saturated carbocycles. The molecule has 0 amide bonds. The van der Waals surface area contributed by atoms with Gasteiger partial charge in [0.15, 0.2) is 5.82 Å². The monoisotopic (exact) mass is 330 g/mol. The third-order valence-corrected chi connectivity index (χ3v) is 4.27. The van der Waals surface area contributed by atoms with Gasteiger partial charge in [0.05, 0.1) is 13.7 Å². The number of nitrogens with zero attached hydrogens (tertiary/aromatic N) is 4. The zero-order valence-corrected chi connectivity index (χ0v) is 14.7. The number of rotatable bonds is 6. The van der Waals surface area contributed by atoms with E-state index in [1.165, 1.54) is 5.69 Å². The van der Waals surface area contributed by atoms with Crippen LogP contribution in [0.15, 0.2) is 28.8 Å². The largest absolute Gasteiger partial charge is 0.497 e. The van der Waals surface area contributed by atoms with Crippen molar-refractivity contribution in [2.45, 2.75) is 26.8 Å². The summed E-state index contributed by atoms with van der Waals surface area (Å²) in [5.74, 6) is 2.97. The Labute approximate surface area is 143 Å². The first-order chi connectivity index (χ1) is 11.6. The molecule has 0 radical (unpaired) electrons. The number of methoxy groups -OCH3 is 1. The third kappa shape index (κ3) is 4.26.